The molecule has 0 saturated heterocycles. The van der Waals surface area contributed by atoms with Crippen molar-refractivity contribution in [1.29, 1.82) is 0 Å². The first-order chi connectivity index (χ1) is 8.80. The van der Waals surface area contributed by atoms with Crippen molar-refractivity contribution < 1.29 is 19.4 Å². The van der Waals surface area contributed by atoms with Crippen LogP contribution in [0.5, 0.6) is 0 Å². The Morgan fingerprint density at radius 2 is 2.05 bits per heavy atom. The van der Waals surface area contributed by atoms with Crippen LogP contribution in [-0.4, -0.2) is 36.2 Å². The molecule has 0 saturated carbocycles. The van der Waals surface area contributed by atoms with Gasteiger partial charge in [-0.05, 0) is 25.1 Å². The second-order valence-electron chi connectivity index (χ2n) is 4.15. The van der Waals surface area contributed by atoms with E-state index in [1.807, 2.05) is 0 Å². The highest BCUT2D eigenvalue weighted by atomic mass is 35.5. The van der Waals surface area contributed by atoms with Crippen molar-refractivity contribution in [2.45, 2.75) is 12.5 Å². The fourth-order valence-electron chi connectivity index (χ4n) is 1.43. The number of aliphatic carboxylic acids is 1. The first kappa shape index (κ1) is 15.8. The van der Waals surface area contributed by atoms with E-state index in [0.717, 1.165) is 0 Å². The van der Waals surface area contributed by atoms with Gasteiger partial charge < -0.3 is 15.2 Å². The SMILES string of the molecule is COC[C@](C)(NC(=O)c1cc(Cl)ccc1Cl)C(=O)O. The maximum Gasteiger partial charge on any atom is 0.331 e. The zero-order valence-corrected chi connectivity index (χ0v) is 11.9. The van der Waals surface area contributed by atoms with E-state index in [-0.39, 0.29) is 17.2 Å². The van der Waals surface area contributed by atoms with Crippen LogP contribution in [-0.2, 0) is 9.53 Å². The average Bonchev–Trinajstić information content (AvgIpc) is 2.32. The van der Waals surface area contributed by atoms with Crippen LogP contribution in [0.1, 0.15) is 17.3 Å². The summed E-state index contributed by atoms with van der Waals surface area (Å²) < 4.78 is 4.80. The molecule has 1 aromatic rings. The summed E-state index contributed by atoms with van der Waals surface area (Å²) in [6.45, 7) is 1.17. The number of hydrogen-bond donors (Lipinski definition) is 2. The number of ether oxygens (including phenoxy) is 1. The van der Waals surface area contributed by atoms with Gasteiger partial charge >= 0.3 is 5.97 Å². The molecule has 1 aromatic carbocycles. The van der Waals surface area contributed by atoms with E-state index in [9.17, 15) is 9.59 Å². The summed E-state index contributed by atoms with van der Waals surface area (Å²) in [6, 6.07) is 4.37. The number of methoxy groups -OCH3 is 1. The molecule has 0 heterocycles. The Hall–Kier alpha value is -1.30. The minimum absolute atomic E-state index is 0.109. The number of carboxylic acids is 1. The van der Waals surface area contributed by atoms with Gasteiger partial charge in [0.2, 0.25) is 0 Å². The number of halogens is 2. The molecule has 0 aromatic heterocycles. The van der Waals surface area contributed by atoms with E-state index in [1.165, 1.54) is 32.2 Å². The first-order valence-corrected chi connectivity index (χ1v) is 6.05. The van der Waals surface area contributed by atoms with Crippen LogP contribution in [0.2, 0.25) is 10.0 Å². The molecule has 0 aliphatic carbocycles. The number of carbonyl (C=O) groups excluding carboxylic acids is 1. The first-order valence-electron chi connectivity index (χ1n) is 5.30. The van der Waals surface area contributed by atoms with E-state index in [0.29, 0.717) is 5.02 Å². The van der Waals surface area contributed by atoms with Crippen molar-refractivity contribution in [2.75, 3.05) is 13.7 Å². The van der Waals surface area contributed by atoms with Crippen molar-refractivity contribution in [3.63, 3.8) is 0 Å². The van der Waals surface area contributed by atoms with Crippen molar-refractivity contribution in [3.8, 4) is 0 Å². The zero-order valence-electron chi connectivity index (χ0n) is 10.4. The monoisotopic (exact) mass is 305 g/mol. The minimum Gasteiger partial charge on any atom is -0.479 e. The number of carboxylic acid groups (broad SMARTS) is 1. The maximum absolute atomic E-state index is 12.0. The molecule has 2 N–H and O–H groups in total. The molecule has 19 heavy (non-hydrogen) atoms. The van der Waals surface area contributed by atoms with E-state index >= 15 is 0 Å². The van der Waals surface area contributed by atoms with E-state index < -0.39 is 17.4 Å². The Morgan fingerprint density at radius 1 is 1.42 bits per heavy atom. The normalized spacial score (nSPS) is 13.7. The molecule has 0 aliphatic heterocycles. The van der Waals surface area contributed by atoms with Gasteiger partial charge in [0.15, 0.2) is 5.54 Å². The number of benzene rings is 1. The molecule has 1 atom stereocenters. The number of hydrogen-bond acceptors (Lipinski definition) is 3. The van der Waals surface area contributed by atoms with Gasteiger partial charge in [0.25, 0.3) is 5.91 Å². The number of carbonyl (C=O) groups is 2. The lowest BCUT2D eigenvalue weighted by Gasteiger charge is -2.25. The lowest BCUT2D eigenvalue weighted by Crippen LogP contribution is -2.55. The summed E-state index contributed by atoms with van der Waals surface area (Å²) in [5.74, 6) is -1.84. The van der Waals surface area contributed by atoms with Crippen molar-refractivity contribution in [2.24, 2.45) is 0 Å². The van der Waals surface area contributed by atoms with E-state index in [4.69, 9.17) is 33.0 Å². The molecule has 0 spiro atoms. The number of rotatable bonds is 5. The summed E-state index contributed by atoms with van der Waals surface area (Å²) in [5, 5.41) is 12.0. The lowest BCUT2D eigenvalue weighted by atomic mass is 10.0. The summed E-state index contributed by atoms with van der Waals surface area (Å²) >= 11 is 11.7. The fraction of sp³-hybridized carbons (Fsp3) is 0.333. The average molecular weight is 306 g/mol. The molecule has 5 nitrogen and oxygen atoms in total. The van der Waals surface area contributed by atoms with Gasteiger partial charge in [0.1, 0.15) is 0 Å². The van der Waals surface area contributed by atoms with Crippen LogP contribution in [0.25, 0.3) is 0 Å². The number of amides is 1. The van der Waals surface area contributed by atoms with Crippen molar-refractivity contribution in [1.82, 2.24) is 5.32 Å². The molecule has 104 valence electrons. The third-order valence-corrected chi connectivity index (χ3v) is 3.03. The van der Waals surface area contributed by atoms with Crippen molar-refractivity contribution in [3.05, 3.63) is 33.8 Å². The largest absolute Gasteiger partial charge is 0.479 e. The highest BCUT2D eigenvalue weighted by Gasteiger charge is 2.35. The third kappa shape index (κ3) is 3.83. The van der Waals surface area contributed by atoms with Crippen LogP contribution in [0.15, 0.2) is 18.2 Å². The van der Waals surface area contributed by atoms with Crippen molar-refractivity contribution >= 4 is 35.1 Å². The summed E-state index contributed by atoms with van der Waals surface area (Å²) in [4.78, 5) is 23.2. The molecule has 0 bridgehead atoms. The Balaban J connectivity index is 3.00. The summed E-state index contributed by atoms with van der Waals surface area (Å²) in [7, 11) is 1.35. The summed E-state index contributed by atoms with van der Waals surface area (Å²) in [6.07, 6.45) is 0. The van der Waals surface area contributed by atoms with E-state index in [2.05, 4.69) is 5.32 Å². The predicted molar refractivity (Wildman–Crippen MR) is 71.8 cm³/mol. The van der Waals surface area contributed by atoms with Crippen LogP contribution >= 0.6 is 23.2 Å². The quantitative estimate of drug-likeness (QED) is 0.874. The molecule has 1 rings (SSSR count). The molecule has 0 radical (unpaired) electrons. The third-order valence-electron chi connectivity index (χ3n) is 2.47. The standard InChI is InChI=1S/C12H13Cl2NO4/c1-12(6-19-2,11(17)18)15-10(16)8-5-7(13)3-4-9(8)14/h3-5H,6H2,1-2H3,(H,15,16)(H,17,18)/t12-/m0/s1. The second-order valence-corrected chi connectivity index (χ2v) is 4.99. The second kappa shape index (κ2) is 6.23. The van der Waals surface area contributed by atoms with Gasteiger partial charge in [-0.15, -0.1) is 0 Å². The molecule has 0 fully saturated rings. The van der Waals surface area contributed by atoms with Crippen LogP contribution in [0, 0.1) is 0 Å². The van der Waals surface area contributed by atoms with Crippen LogP contribution in [0.3, 0.4) is 0 Å². The summed E-state index contributed by atoms with van der Waals surface area (Å²) in [5.41, 5.74) is -1.44. The molecule has 0 unspecified atom stereocenters. The highest BCUT2D eigenvalue weighted by molar-refractivity contribution is 6.35. The molecular weight excluding hydrogens is 293 g/mol. The van der Waals surface area contributed by atoms with Gasteiger partial charge in [-0.2, -0.15) is 0 Å². The van der Waals surface area contributed by atoms with Gasteiger partial charge in [-0.3, -0.25) is 4.79 Å². The van der Waals surface area contributed by atoms with Gasteiger partial charge in [0.05, 0.1) is 17.2 Å². The molecule has 7 heteroatoms. The Morgan fingerprint density at radius 3 is 2.58 bits per heavy atom. The molecular formula is C12H13Cl2NO4. The number of nitrogens with one attached hydrogen (secondary N) is 1. The minimum atomic E-state index is -1.54. The fourth-order valence-corrected chi connectivity index (χ4v) is 1.80. The van der Waals surface area contributed by atoms with Gasteiger partial charge in [-0.1, -0.05) is 23.2 Å². The van der Waals surface area contributed by atoms with Crippen LogP contribution < -0.4 is 5.32 Å². The molecule has 0 aliphatic rings. The lowest BCUT2D eigenvalue weighted by molar-refractivity contribution is -0.145. The smallest absolute Gasteiger partial charge is 0.331 e. The topological polar surface area (TPSA) is 75.6 Å². The predicted octanol–water partition coefficient (Wildman–Crippen LogP) is 2.21. The molecule has 1 amide bonds. The highest BCUT2D eigenvalue weighted by Crippen LogP contribution is 2.21. The van der Waals surface area contributed by atoms with E-state index in [1.54, 1.807) is 0 Å². The van der Waals surface area contributed by atoms with Crippen LogP contribution in [0.4, 0.5) is 0 Å². The van der Waals surface area contributed by atoms with Gasteiger partial charge in [0, 0.05) is 12.1 Å². The Labute approximate surface area is 120 Å². The Kier molecular flexibility index (Phi) is 5.17. The Bertz CT molecular complexity index is 507. The van der Waals surface area contributed by atoms with Gasteiger partial charge in [-0.25, -0.2) is 4.79 Å². The zero-order chi connectivity index (χ0) is 14.6. The maximum atomic E-state index is 12.0.